The minimum absolute atomic E-state index is 0.0536. The Balaban J connectivity index is 2.05. The second-order valence-corrected chi connectivity index (χ2v) is 5.99. The number of nitrogens with zero attached hydrogens (tertiary/aromatic N) is 5. The van der Waals surface area contributed by atoms with Crippen LogP contribution in [0, 0.1) is 0 Å². The molecule has 2 aromatic heterocycles. The van der Waals surface area contributed by atoms with Crippen molar-refractivity contribution in [3.8, 4) is 11.4 Å². The van der Waals surface area contributed by atoms with E-state index in [4.69, 9.17) is 4.98 Å². The van der Waals surface area contributed by atoms with E-state index in [1.165, 1.54) is 12.8 Å². The van der Waals surface area contributed by atoms with Crippen molar-refractivity contribution in [3.05, 3.63) is 24.2 Å². The first-order valence-corrected chi connectivity index (χ1v) is 7.89. The van der Waals surface area contributed by atoms with E-state index < -0.39 is 0 Å². The lowest BCUT2D eigenvalue weighted by Gasteiger charge is -2.15. The standard InChI is InChI=1S/C16H23N5O/c1-20(2)15-13(8-5-9-17-15)16-18-14(12-6-3-4-7-12)19-21(16)10-11-22/h5,8-9,12,22H,3-4,6-7,10-11H2,1-2H3. The maximum atomic E-state index is 9.33. The van der Waals surface area contributed by atoms with Gasteiger partial charge in [0.05, 0.1) is 18.7 Å². The summed E-state index contributed by atoms with van der Waals surface area (Å²) in [6, 6.07) is 3.92. The van der Waals surface area contributed by atoms with Crippen LogP contribution in [0.4, 0.5) is 5.82 Å². The number of pyridine rings is 1. The van der Waals surface area contributed by atoms with Gasteiger partial charge in [-0.25, -0.2) is 14.6 Å². The van der Waals surface area contributed by atoms with Crippen LogP contribution in [0.3, 0.4) is 0 Å². The van der Waals surface area contributed by atoms with Gasteiger partial charge in [-0.3, -0.25) is 0 Å². The van der Waals surface area contributed by atoms with E-state index in [0.717, 1.165) is 35.9 Å². The third kappa shape index (κ3) is 2.83. The van der Waals surface area contributed by atoms with Crippen LogP contribution in [0.1, 0.15) is 37.4 Å². The van der Waals surface area contributed by atoms with Crippen molar-refractivity contribution in [1.82, 2.24) is 19.7 Å². The molecular formula is C16H23N5O. The summed E-state index contributed by atoms with van der Waals surface area (Å²) in [4.78, 5) is 11.2. The Morgan fingerprint density at radius 3 is 2.77 bits per heavy atom. The number of aromatic nitrogens is 4. The van der Waals surface area contributed by atoms with Gasteiger partial charge in [-0.15, -0.1) is 0 Å². The Kier molecular flexibility index (Phi) is 4.38. The van der Waals surface area contributed by atoms with E-state index in [2.05, 4.69) is 10.1 Å². The fourth-order valence-electron chi connectivity index (χ4n) is 3.09. The third-order valence-electron chi connectivity index (χ3n) is 4.17. The molecular weight excluding hydrogens is 278 g/mol. The molecule has 2 aromatic rings. The third-order valence-corrected chi connectivity index (χ3v) is 4.17. The molecule has 1 aliphatic carbocycles. The van der Waals surface area contributed by atoms with Gasteiger partial charge in [0.15, 0.2) is 11.6 Å². The highest BCUT2D eigenvalue weighted by Crippen LogP contribution is 2.34. The van der Waals surface area contributed by atoms with Crippen LogP contribution >= 0.6 is 0 Å². The second-order valence-electron chi connectivity index (χ2n) is 5.99. The highest BCUT2D eigenvalue weighted by molar-refractivity contribution is 5.70. The van der Waals surface area contributed by atoms with Gasteiger partial charge in [0.1, 0.15) is 5.82 Å². The van der Waals surface area contributed by atoms with Crippen molar-refractivity contribution in [2.45, 2.75) is 38.1 Å². The zero-order valence-corrected chi connectivity index (χ0v) is 13.2. The molecule has 0 unspecified atom stereocenters. The molecule has 6 heteroatoms. The van der Waals surface area contributed by atoms with Gasteiger partial charge >= 0.3 is 0 Å². The van der Waals surface area contributed by atoms with Gasteiger partial charge in [0.2, 0.25) is 0 Å². The molecule has 0 spiro atoms. The number of aliphatic hydroxyl groups is 1. The maximum Gasteiger partial charge on any atom is 0.162 e. The van der Waals surface area contributed by atoms with E-state index >= 15 is 0 Å². The number of hydrogen-bond acceptors (Lipinski definition) is 5. The highest BCUT2D eigenvalue weighted by Gasteiger charge is 2.24. The molecule has 22 heavy (non-hydrogen) atoms. The van der Waals surface area contributed by atoms with Crippen molar-refractivity contribution in [2.24, 2.45) is 0 Å². The quantitative estimate of drug-likeness (QED) is 0.915. The van der Waals surface area contributed by atoms with Crippen LogP contribution in [0.5, 0.6) is 0 Å². The van der Waals surface area contributed by atoms with Crippen LogP contribution in [0.15, 0.2) is 18.3 Å². The van der Waals surface area contributed by atoms with E-state index in [-0.39, 0.29) is 6.61 Å². The Labute approximate surface area is 130 Å². The summed E-state index contributed by atoms with van der Waals surface area (Å²) in [6.45, 7) is 0.509. The summed E-state index contributed by atoms with van der Waals surface area (Å²) in [5.74, 6) is 3.03. The lowest BCUT2D eigenvalue weighted by molar-refractivity contribution is 0.269. The Bertz CT molecular complexity index is 631. The van der Waals surface area contributed by atoms with Crippen molar-refractivity contribution >= 4 is 5.82 Å². The van der Waals surface area contributed by atoms with Gasteiger partial charge in [-0.2, -0.15) is 5.10 Å². The first kappa shape index (κ1) is 15.0. The minimum Gasteiger partial charge on any atom is -0.394 e. The summed E-state index contributed by atoms with van der Waals surface area (Å²) < 4.78 is 1.82. The zero-order valence-electron chi connectivity index (χ0n) is 13.2. The Morgan fingerprint density at radius 1 is 1.32 bits per heavy atom. The molecule has 0 bridgehead atoms. The molecule has 6 nitrogen and oxygen atoms in total. The SMILES string of the molecule is CN(C)c1ncccc1-c1nc(C2CCCC2)nn1CCO. The average Bonchev–Trinajstić information content (AvgIpc) is 3.16. The fourth-order valence-corrected chi connectivity index (χ4v) is 3.09. The summed E-state index contributed by atoms with van der Waals surface area (Å²) in [7, 11) is 3.94. The molecule has 0 saturated heterocycles. The van der Waals surface area contributed by atoms with E-state index in [0.29, 0.717) is 12.5 Å². The molecule has 0 radical (unpaired) electrons. The molecule has 0 amide bonds. The molecule has 118 valence electrons. The first-order chi connectivity index (χ1) is 10.7. The van der Waals surface area contributed by atoms with Gasteiger partial charge in [0, 0.05) is 26.2 Å². The van der Waals surface area contributed by atoms with Gasteiger partial charge in [0.25, 0.3) is 0 Å². The number of anilines is 1. The molecule has 0 aromatic carbocycles. The molecule has 1 fully saturated rings. The summed E-state index contributed by atoms with van der Waals surface area (Å²) in [5.41, 5.74) is 0.956. The van der Waals surface area contributed by atoms with Crippen LogP contribution < -0.4 is 4.90 Å². The average molecular weight is 301 g/mol. The van der Waals surface area contributed by atoms with Gasteiger partial charge < -0.3 is 10.0 Å². The van der Waals surface area contributed by atoms with Gasteiger partial charge in [-0.1, -0.05) is 12.8 Å². The predicted octanol–water partition coefficient (Wildman–Crippen LogP) is 2.06. The zero-order chi connectivity index (χ0) is 15.5. The van der Waals surface area contributed by atoms with E-state index in [1.54, 1.807) is 6.20 Å². The largest absolute Gasteiger partial charge is 0.394 e. The molecule has 3 rings (SSSR count). The van der Waals surface area contributed by atoms with Crippen LogP contribution in [-0.4, -0.2) is 45.6 Å². The Morgan fingerprint density at radius 2 is 2.09 bits per heavy atom. The summed E-state index contributed by atoms with van der Waals surface area (Å²) in [6.07, 6.45) is 6.62. The number of rotatable bonds is 5. The van der Waals surface area contributed by atoms with Crippen molar-refractivity contribution < 1.29 is 5.11 Å². The van der Waals surface area contributed by atoms with Crippen molar-refractivity contribution in [1.29, 1.82) is 0 Å². The topological polar surface area (TPSA) is 67.1 Å². The van der Waals surface area contributed by atoms with Crippen LogP contribution in [0.25, 0.3) is 11.4 Å². The molecule has 1 N–H and O–H groups in total. The lowest BCUT2D eigenvalue weighted by Crippen LogP contribution is -2.13. The molecule has 1 aliphatic rings. The number of hydrogen-bond donors (Lipinski definition) is 1. The number of aliphatic hydroxyl groups excluding tert-OH is 1. The molecule has 0 aliphatic heterocycles. The Hall–Kier alpha value is -1.95. The second kappa shape index (κ2) is 6.44. The monoisotopic (exact) mass is 301 g/mol. The summed E-state index contributed by atoms with van der Waals surface area (Å²) in [5, 5.41) is 14.0. The maximum absolute atomic E-state index is 9.33. The predicted molar refractivity (Wildman–Crippen MR) is 85.9 cm³/mol. The lowest BCUT2D eigenvalue weighted by atomic mass is 10.1. The van der Waals surface area contributed by atoms with Crippen LogP contribution in [0.2, 0.25) is 0 Å². The normalized spacial score (nSPS) is 15.4. The van der Waals surface area contributed by atoms with Gasteiger partial charge in [-0.05, 0) is 25.0 Å². The minimum atomic E-state index is 0.0536. The smallest absolute Gasteiger partial charge is 0.162 e. The summed E-state index contributed by atoms with van der Waals surface area (Å²) >= 11 is 0. The van der Waals surface area contributed by atoms with Crippen molar-refractivity contribution in [3.63, 3.8) is 0 Å². The molecule has 0 atom stereocenters. The van der Waals surface area contributed by atoms with E-state index in [9.17, 15) is 5.11 Å². The van der Waals surface area contributed by atoms with Crippen molar-refractivity contribution in [2.75, 3.05) is 25.6 Å². The fraction of sp³-hybridized carbons (Fsp3) is 0.562. The molecule has 2 heterocycles. The highest BCUT2D eigenvalue weighted by atomic mass is 16.3. The first-order valence-electron chi connectivity index (χ1n) is 7.89. The van der Waals surface area contributed by atoms with E-state index in [1.807, 2.05) is 35.8 Å². The van der Waals surface area contributed by atoms with Crippen LogP contribution in [-0.2, 0) is 6.54 Å². The molecule has 1 saturated carbocycles.